The Hall–Kier alpha value is -1.59. The van der Waals surface area contributed by atoms with E-state index in [0.29, 0.717) is 18.5 Å². The molecule has 0 amide bonds. The first-order valence-electron chi connectivity index (χ1n) is 8.14. The summed E-state index contributed by atoms with van der Waals surface area (Å²) in [6, 6.07) is 8.88. The molecular weight excluding hydrogens is 276 g/mol. The third-order valence-corrected chi connectivity index (χ3v) is 4.48. The van der Waals surface area contributed by atoms with Crippen LogP contribution in [0.15, 0.2) is 29.3 Å². The molecule has 0 bridgehead atoms. The van der Waals surface area contributed by atoms with Gasteiger partial charge in [-0.05, 0) is 37.8 Å². The van der Waals surface area contributed by atoms with Gasteiger partial charge in [0.1, 0.15) is 0 Å². The number of guanidine groups is 1. The molecule has 3 rings (SSSR count). The molecule has 1 aliphatic carbocycles. The first-order chi connectivity index (χ1) is 10.8. The van der Waals surface area contributed by atoms with Gasteiger partial charge in [-0.2, -0.15) is 0 Å². The third kappa shape index (κ3) is 3.99. The minimum atomic E-state index is 0.494. The number of nitrogens with zero attached hydrogens (tertiary/aromatic N) is 2. The van der Waals surface area contributed by atoms with Crippen LogP contribution in [0, 0.1) is 5.92 Å². The van der Waals surface area contributed by atoms with Gasteiger partial charge >= 0.3 is 0 Å². The number of hydrogen-bond acceptors (Lipinski definition) is 3. The number of para-hydroxylation sites is 1. The summed E-state index contributed by atoms with van der Waals surface area (Å²) in [5, 5.41) is 3.20. The van der Waals surface area contributed by atoms with Crippen molar-refractivity contribution in [3.05, 3.63) is 29.8 Å². The van der Waals surface area contributed by atoms with Gasteiger partial charge in [0, 0.05) is 37.5 Å². The Kier molecular flexibility index (Phi) is 4.95. The van der Waals surface area contributed by atoms with Crippen molar-refractivity contribution in [2.75, 3.05) is 32.1 Å². The monoisotopic (exact) mass is 302 g/mol. The second kappa shape index (κ2) is 7.11. The van der Waals surface area contributed by atoms with Crippen LogP contribution in [0.3, 0.4) is 0 Å². The number of aliphatic imine (C=N–C) groups is 1. The maximum atomic E-state index is 6.04. The minimum Gasteiger partial charge on any atom is -0.380 e. The standard InChI is InChI=1S/C17H26N4O/c1-22-12-14-4-2-3-5-16(14)20-17(18)19-10-13-8-9-21(11-13)15-6-7-15/h2-5,13,15H,6-12H2,1H3,(H3,18,19,20). The molecule has 0 radical (unpaired) electrons. The molecule has 5 heteroatoms. The topological polar surface area (TPSA) is 62.9 Å². The predicted octanol–water partition coefficient (Wildman–Crippen LogP) is 2.04. The fourth-order valence-electron chi connectivity index (χ4n) is 3.11. The van der Waals surface area contributed by atoms with Crippen molar-refractivity contribution >= 4 is 11.6 Å². The van der Waals surface area contributed by atoms with E-state index in [1.54, 1.807) is 7.11 Å². The van der Waals surface area contributed by atoms with Crippen molar-refractivity contribution < 1.29 is 4.74 Å². The first kappa shape index (κ1) is 15.3. The molecular formula is C17H26N4O. The smallest absolute Gasteiger partial charge is 0.193 e. The van der Waals surface area contributed by atoms with Crippen molar-refractivity contribution in [3.8, 4) is 0 Å². The van der Waals surface area contributed by atoms with Gasteiger partial charge in [-0.3, -0.25) is 4.99 Å². The number of ether oxygens (including phenoxy) is 1. The average Bonchev–Trinajstić information content (AvgIpc) is 3.26. The Morgan fingerprint density at radius 2 is 2.18 bits per heavy atom. The fraction of sp³-hybridized carbons (Fsp3) is 0.588. The molecule has 3 N–H and O–H groups in total. The van der Waals surface area contributed by atoms with E-state index in [0.717, 1.165) is 23.8 Å². The van der Waals surface area contributed by atoms with Gasteiger partial charge in [0.25, 0.3) is 0 Å². The number of likely N-dealkylation sites (tertiary alicyclic amines) is 1. The molecule has 2 fully saturated rings. The lowest BCUT2D eigenvalue weighted by molar-refractivity contribution is 0.185. The van der Waals surface area contributed by atoms with E-state index in [-0.39, 0.29) is 0 Å². The van der Waals surface area contributed by atoms with E-state index < -0.39 is 0 Å². The Bertz CT molecular complexity index is 527. The lowest BCUT2D eigenvalue weighted by Gasteiger charge is -2.14. The van der Waals surface area contributed by atoms with E-state index in [4.69, 9.17) is 10.5 Å². The highest BCUT2D eigenvalue weighted by Crippen LogP contribution is 2.31. The number of nitrogens with two attached hydrogens (primary N) is 1. The van der Waals surface area contributed by atoms with Crippen LogP contribution in [0.1, 0.15) is 24.8 Å². The van der Waals surface area contributed by atoms with Crippen molar-refractivity contribution in [1.29, 1.82) is 0 Å². The van der Waals surface area contributed by atoms with Crippen LogP contribution >= 0.6 is 0 Å². The largest absolute Gasteiger partial charge is 0.380 e. The lowest BCUT2D eigenvalue weighted by atomic mass is 10.1. The summed E-state index contributed by atoms with van der Waals surface area (Å²) in [5.41, 5.74) is 8.10. The maximum absolute atomic E-state index is 6.04. The fourth-order valence-corrected chi connectivity index (χ4v) is 3.11. The van der Waals surface area contributed by atoms with E-state index in [2.05, 4.69) is 15.2 Å². The van der Waals surface area contributed by atoms with Crippen LogP contribution in [-0.4, -0.2) is 43.6 Å². The number of rotatable bonds is 6. The molecule has 0 aromatic heterocycles. The molecule has 0 spiro atoms. The van der Waals surface area contributed by atoms with Gasteiger partial charge in [-0.25, -0.2) is 0 Å². The van der Waals surface area contributed by atoms with Crippen molar-refractivity contribution in [2.24, 2.45) is 16.6 Å². The van der Waals surface area contributed by atoms with E-state index in [1.807, 2.05) is 24.3 Å². The molecule has 1 unspecified atom stereocenters. The summed E-state index contributed by atoms with van der Waals surface area (Å²) in [4.78, 5) is 7.14. The Labute approximate surface area is 132 Å². The summed E-state index contributed by atoms with van der Waals surface area (Å²) in [6.07, 6.45) is 4.01. The minimum absolute atomic E-state index is 0.494. The first-order valence-corrected chi connectivity index (χ1v) is 8.14. The van der Waals surface area contributed by atoms with Gasteiger partial charge in [0.05, 0.1) is 6.61 Å². The summed E-state index contributed by atoms with van der Waals surface area (Å²) >= 11 is 0. The highest BCUT2D eigenvalue weighted by Gasteiger charge is 2.34. The number of nitrogens with one attached hydrogen (secondary N) is 1. The summed E-state index contributed by atoms with van der Waals surface area (Å²) in [5.74, 6) is 1.14. The number of hydrogen-bond donors (Lipinski definition) is 2. The van der Waals surface area contributed by atoms with Gasteiger partial charge in [0.2, 0.25) is 0 Å². The quantitative estimate of drug-likeness (QED) is 0.623. The zero-order valence-electron chi connectivity index (χ0n) is 13.3. The van der Waals surface area contributed by atoms with Gasteiger partial charge in [-0.15, -0.1) is 0 Å². The molecule has 22 heavy (non-hydrogen) atoms. The number of benzene rings is 1. The third-order valence-electron chi connectivity index (χ3n) is 4.48. The summed E-state index contributed by atoms with van der Waals surface area (Å²) < 4.78 is 5.21. The van der Waals surface area contributed by atoms with E-state index >= 15 is 0 Å². The van der Waals surface area contributed by atoms with Crippen LogP contribution < -0.4 is 11.1 Å². The van der Waals surface area contributed by atoms with Crippen molar-refractivity contribution in [2.45, 2.75) is 31.9 Å². The van der Waals surface area contributed by atoms with Crippen LogP contribution in [0.4, 0.5) is 5.69 Å². The molecule has 1 aromatic carbocycles. The highest BCUT2D eigenvalue weighted by molar-refractivity contribution is 5.92. The van der Waals surface area contributed by atoms with Crippen LogP contribution in [0.25, 0.3) is 0 Å². The molecule has 1 atom stereocenters. The second-order valence-electron chi connectivity index (χ2n) is 6.32. The van der Waals surface area contributed by atoms with Gasteiger partial charge < -0.3 is 20.7 Å². The van der Waals surface area contributed by atoms with Crippen molar-refractivity contribution in [1.82, 2.24) is 4.90 Å². The molecule has 1 aliphatic heterocycles. The molecule has 1 heterocycles. The average molecular weight is 302 g/mol. The number of methoxy groups -OCH3 is 1. The van der Waals surface area contributed by atoms with Crippen LogP contribution in [0.5, 0.6) is 0 Å². The molecule has 120 valence electrons. The SMILES string of the molecule is COCc1ccccc1NC(N)=NCC1CCN(C2CC2)C1. The normalized spacial score (nSPS) is 23.0. The van der Waals surface area contributed by atoms with E-state index in [9.17, 15) is 0 Å². The van der Waals surface area contributed by atoms with Gasteiger partial charge in [0.15, 0.2) is 5.96 Å². The zero-order valence-corrected chi connectivity index (χ0v) is 13.3. The molecule has 1 saturated heterocycles. The zero-order chi connectivity index (χ0) is 15.4. The Morgan fingerprint density at radius 3 is 2.95 bits per heavy atom. The second-order valence-corrected chi connectivity index (χ2v) is 6.32. The lowest BCUT2D eigenvalue weighted by Crippen LogP contribution is -2.26. The Balaban J connectivity index is 1.52. The molecule has 5 nitrogen and oxygen atoms in total. The summed E-state index contributed by atoms with van der Waals surface area (Å²) in [6.45, 7) is 3.79. The van der Waals surface area contributed by atoms with Crippen LogP contribution in [0.2, 0.25) is 0 Å². The summed E-state index contributed by atoms with van der Waals surface area (Å²) in [7, 11) is 1.69. The predicted molar refractivity (Wildman–Crippen MR) is 90.0 cm³/mol. The highest BCUT2D eigenvalue weighted by atomic mass is 16.5. The van der Waals surface area contributed by atoms with Crippen molar-refractivity contribution in [3.63, 3.8) is 0 Å². The molecule has 1 saturated carbocycles. The Morgan fingerprint density at radius 1 is 1.36 bits per heavy atom. The molecule has 1 aromatic rings. The maximum Gasteiger partial charge on any atom is 0.193 e. The number of anilines is 1. The van der Waals surface area contributed by atoms with Gasteiger partial charge in [-0.1, -0.05) is 18.2 Å². The van der Waals surface area contributed by atoms with Crippen LogP contribution in [-0.2, 0) is 11.3 Å². The molecule has 2 aliphatic rings. The van der Waals surface area contributed by atoms with E-state index in [1.165, 1.54) is 32.4 Å².